The van der Waals surface area contributed by atoms with E-state index in [1.165, 1.54) is 0 Å². The summed E-state index contributed by atoms with van der Waals surface area (Å²) in [7, 11) is 0. The fourth-order valence-electron chi connectivity index (χ4n) is 1.28. The monoisotopic (exact) mass is 251 g/mol. The van der Waals surface area contributed by atoms with Gasteiger partial charge >= 0.3 is 0 Å². The quantitative estimate of drug-likeness (QED) is 0.893. The van der Waals surface area contributed by atoms with Crippen LogP contribution in [0.5, 0.6) is 5.75 Å². The van der Waals surface area contributed by atoms with Crippen molar-refractivity contribution in [3.8, 4) is 5.75 Å². The lowest BCUT2D eigenvalue weighted by Gasteiger charge is -2.11. The van der Waals surface area contributed by atoms with Crippen LogP contribution in [-0.2, 0) is 0 Å². The van der Waals surface area contributed by atoms with Crippen molar-refractivity contribution in [1.29, 1.82) is 0 Å². The van der Waals surface area contributed by atoms with E-state index in [0.29, 0.717) is 5.75 Å². The average molecular weight is 252 g/mol. The average Bonchev–Trinajstić information content (AvgIpc) is 2.13. The molecule has 1 aromatic rings. The Kier molecular flexibility index (Phi) is 6.29. The molecule has 0 fully saturated rings. The molecule has 2 N–H and O–H groups in total. The molecule has 2 nitrogen and oxygen atoms in total. The lowest BCUT2D eigenvalue weighted by atomic mass is 10.1. The molecule has 0 saturated heterocycles. The summed E-state index contributed by atoms with van der Waals surface area (Å²) in [6, 6.07) is 5.20. The number of ether oxygens (including phenoxy) is 1. The van der Waals surface area contributed by atoms with Crippen LogP contribution >= 0.6 is 12.4 Å². The molecule has 0 bridgehead atoms. The molecule has 0 spiro atoms. The number of aryl methyl sites for hydroxylation is 1. The van der Waals surface area contributed by atoms with Gasteiger partial charge in [-0.2, -0.15) is 0 Å². The fraction of sp³-hybridized carbons (Fsp3) is 0.455. The zero-order valence-electron chi connectivity index (χ0n) is 9.24. The third kappa shape index (κ3) is 4.77. The van der Waals surface area contributed by atoms with Crippen LogP contribution in [0.3, 0.4) is 0 Å². The van der Waals surface area contributed by atoms with Gasteiger partial charge in [0.2, 0.25) is 0 Å². The molecular weight excluding hydrogens is 236 g/mol. The first-order valence-corrected chi connectivity index (χ1v) is 4.77. The van der Waals surface area contributed by atoms with E-state index in [1.807, 2.05) is 19.9 Å². The van der Waals surface area contributed by atoms with E-state index in [2.05, 4.69) is 0 Å². The fourth-order valence-corrected chi connectivity index (χ4v) is 1.28. The van der Waals surface area contributed by atoms with Gasteiger partial charge < -0.3 is 10.5 Å². The molecule has 1 rings (SSSR count). The van der Waals surface area contributed by atoms with Gasteiger partial charge in [-0.25, -0.2) is 8.78 Å². The van der Waals surface area contributed by atoms with Gasteiger partial charge in [0.15, 0.2) is 0 Å². The first kappa shape index (κ1) is 15.1. The second kappa shape index (κ2) is 6.66. The van der Waals surface area contributed by atoms with Gasteiger partial charge in [-0.1, -0.05) is 6.07 Å². The summed E-state index contributed by atoms with van der Waals surface area (Å²) >= 11 is 0. The third-order valence-corrected chi connectivity index (χ3v) is 1.97. The summed E-state index contributed by atoms with van der Waals surface area (Å²) in [5, 5.41) is 0. The Hall–Kier alpha value is -0.870. The zero-order chi connectivity index (χ0) is 11.4. The summed E-state index contributed by atoms with van der Waals surface area (Å²) in [6.45, 7) is 3.13. The van der Waals surface area contributed by atoms with Crippen LogP contribution in [0, 0.1) is 6.92 Å². The van der Waals surface area contributed by atoms with Gasteiger partial charge in [-0.05, 0) is 37.1 Å². The standard InChI is InChI=1S/C11H15F2NO.ClH/c1-7-3-9(8(2)14)5-10(4-7)15-6-11(12)13;/h3-5,8,11H,6,14H2,1-2H3;1H. The van der Waals surface area contributed by atoms with E-state index in [4.69, 9.17) is 10.5 Å². The number of hydrogen-bond donors (Lipinski definition) is 1. The maximum atomic E-state index is 11.9. The smallest absolute Gasteiger partial charge is 0.272 e. The Balaban J connectivity index is 0.00000225. The van der Waals surface area contributed by atoms with Crippen LogP contribution in [0.4, 0.5) is 8.78 Å². The molecule has 16 heavy (non-hydrogen) atoms. The summed E-state index contributed by atoms with van der Waals surface area (Å²) in [5.74, 6) is 0.447. The minimum Gasteiger partial charge on any atom is -0.488 e. The highest BCUT2D eigenvalue weighted by atomic mass is 35.5. The molecule has 0 heterocycles. The van der Waals surface area contributed by atoms with Crippen LogP contribution in [0.25, 0.3) is 0 Å². The molecule has 1 atom stereocenters. The van der Waals surface area contributed by atoms with E-state index >= 15 is 0 Å². The molecule has 1 aromatic carbocycles. The van der Waals surface area contributed by atoms with Crippen molar-refractivity contribution in [3.05, 3.63) is 29.3 Å². The van der Waals surface area contributed by atoms with Crippen molar-refractivity contribution in [2.24, 2.45) is 5.73 Å². The van der Waals surface area contributed by atoms with E-state index < -0.39 is 13.0 Å². The largest absolute Gasteiger partial charge is 0.488 e. The molecule has 92 valence electrons. The number of nitrogens with two attached hydrogens (primary N) is 1. The van der Waals surface area contributed by atoms with Crippen molar-refractivity contribution >= 4 is 12.4 Å². The lowest BCUT2D eigenvalue weighted by molar-refractivity contribution is 0.0818. The first-order chi connectivity index (χ1) is 6.99. The number of hydrogen-bond acceptors (Lipinski definition) is 2. The Labute approximate surface area is 100 Å². The summed E-state index contributed by atoms with van der Waals surface area (Å²) in [5.41, 5.74) is 7.54. The number of alkyl halides is 2. The Morgan fingerprint density at radius 2 is 1.94 bits per heavy atom. The van der Waals surface area contributed by atoms with E-state index in [9.17, 15) is 8.78 Å². The highest BCUT2D eigenvalue weighted by Crippen LogP contribution is 2.20. The van der Waals surface area contributed by atoms with Crippen LogP contribution in [0.15, 0.2) is 18.2 Å². The number of rotatable bonds is 4. The van der Waals surface area contributed by atoms with Gasteiger partial charge in [-0.15, -0.1) is 12.4 Å². The van der Waals surface area contributed by atoms with Crippen LogP contribution in [0.1, 0.15) is 24.1 Å². The van der Waals surface area contributed by atoms with Gasteiger partial charge in [0, 0.05) is 6.04 Å². The number of benzene rings is 1. The molecule has 0 radical (unpaired) electrons. The molecule has 0 aliphatic rings. The normalized spacial score (nSPS) is 12.1. The van der Waals surface area contributed by atoms with E-state index in [0.717, 1.165) is 11.1 Å². The van der Waals surface area contributed by atoms with Crippen molar-refractivity contribution in [2.45, 2.75) is 26.3 Å². The Bertz CT molecular complexity index is 332. The second-order valence-electron chi connectivity index (χ2n) is 3.57. The van der Waals surface area contributed by atoms with Crippen LogP contribution in [0.2, 0.25) is 0 Å². The van der Waals surface area contributed by atoms with Gasteiger partial charge in [0.05, 0.1) is 0 Å². The van der Waals surface area contributed by atoms with Crippen molar-refractivity contribution < 1.29 is 13.5 Å². The molecule has 0 saturated carbocycles. The number of halogens is 3. The van der Waals surface area contributed by atoms with Crippen LogP contribution < -0.4 is 10.5 Å². The SMILES string of the molecule is Cc1cc(OCC(F)F)cc(C(C)N)c1.Cl. The maximum absolute atomic E-state index is 11.9. The molecule has 0 aromatic heterocycles. The van der Waals surface area contributed by atoms with Crippen molar-refractivity contribution in [2.75, 3.05) is 6.61 Å². The summed E-state index contributed by atoms with van der Waals surface area (Å²) in [6.07, 6.45) is -2.45. The molecule has 0 amide bonds. The maximum Gasteiger partial charge on any atom is 0.272 e. The highest BCUT2D eigenvalue weighted by molar-refractivity contribution is 5.85. The second-order valence-corrected chi connectivity index (χ2v) is 3.57. The predicted molar refractivity (Wildman–Crippen MR) is 62.5 cm³/mol. The molecular formula is C11H16ClF2NO. The van der Waals surface area contributed by atoms with Crippen molar-refractivity contribution in [3.63, 3.8) is 0 Å². The first-order valence-electron chi connectivity index (χ1n) is 4.77. The molecule has 0 aliphatic heterocycles. The highest BCUT2D eigenvalue weighted by Gasteiger charge is 2.06. The van der Waals surface area contributed by atoms with Crippen molar-refractivity contribution in [1.82, 2.24) is 0 Å². The van der Waals surface area contributed by atoms with Gasteiger partial charge in [-0.3, -0.25) is 0 Å². The summed E-state index contributed by atoms with van der Waals surface area (Å²) in [4.78, 5) is 0. The third-order valence-electron chi connectivity index (χ3n) is 1.97. The Morgan fingerprint density at radius 1 is 1.31 bits per heavy atom. The minimum atomic E-state index is -2.45. The minimum absolute atomic E-state index is 0. The van der Waals surface area contributed by atoms with Gasteiger partial charge in [0.25, 0.3) is 6.43 Å². The van der Waals surface area contributed by atoms with Crippen LogP contribution in [-0.4, -0.2) is 13.0 Å². The molecule has 1 unspecified atom stereocenters. The molecule has 5 heteroatoms. The summed E-state index contributed by atoms with van der Waals surface area (Å²) < 4.78 is 28.8. The van der Waals surface area contributed by atoms with E-state index in [-0.39, 0.29) is 18.4 Å². The lowest BCUT2D eigenvalue weighted by Crippen LogP contribution is -2.09. The topological polar surface area (TPSA) is 35.2 Å². The van der Waals surface area contributed by atoms with Gasteiger partial charge in [0.1, 0.15) is 12.4 Å². The zero-order valence-corrected chi connectivity index (χ0v) is 10.1. The molecule has 0 aliphatic carbocycles. The Morgan fingerprint density at radius 3 is 2.44 bits per heavy atom. The van der Waals surface area contributed by atoms with E-state index in [1.54, 1.807) is 12.1 Å². The predicted octanol–water partition coefficient (Wildman–Crippen LogP) is 3.08.